The van der Waals surface area contributed by atoms with Crippen molar-refractivity contribution in [2.45, 2.75) is 12.6 Å². The zero-order valence-corrected chi connectivity index (χ0v) is 15.1. The zero-order chi connectivity index (χ0) is 19.5. The minimum Gasteiger partial charge on any atom is -0.439 e. The number of hydrogen-bond acceptors (Lipinski definition) is 4. The van der Waals surface area contributed by atoms with Gasteiger partial charge in [0.05, 0.1) is 12.6 Å². The lowest BCUT2D eigenvalue weighted by atomic mass is 10.1. The summed E-state index contributed by atoms with van der Waals surface area (Å²) >= 11 is 0. The highest BCUT2D eigenvalue weighted by atomic mass is 16.6. The molecule has 0 aliphatic carbocycles. The van der Waals surface area contributed by atoms with Crippen LogP contribution in [-0.4, -0.2) is 40.5 Å². The molecule has 7 nitrogen and oxygen atoms in total. The Hall–Kier alpha value is -3.61. The fraction of sp³-hybridized carbons (Fsp3) is 0.190. The van der Waals surface area contributed by atoms with Gasteiger partial charge in [-0.25, -0.2) is 9.69 Å². The van der Waals surface area contributed by atoms with Crippen molar-refractivity contribution in [1.29, 1.82) is 0 Å². The van der Waals surface area contributed by atoms with E-state index < -0.39 is 18.0 Å². The van der Waals surface area contributed by atoms with Crippen LogP contribution in [0.2, 0.25) is 0 Å². The van der Waals surface area contributed by atoms with Gasteiger partial charge in [0.15, 0.2) is 6.61 Å². The third-order valence-corrected chi connectivity index (χ3v) is 4.74. The monoisotopic (exact) mass is 377 g/mol. The van der Waals surface area contributed by atoms with Crippen molar-refractivity contribution in [3.05, 3.63) is 72.4 Å². The van der Waals surface area contributed by atoms with Gasteiger partial charge in [0, 0.05) is 11.7 Å². The number of nitrogens with zero attached hydrogens (tertiary/aromatic N) is 2. The Morgan fingerprint density at radius 3 is 2.54 bits per heavy atom. The van der Waals surface area contributed by atoms with Crippen LogP contribution < -0.4 is 5.32 Å². The van der Waals surface area contributed by atoms with Gasteiger partial charge in [0.1, 0.15) is 6.54 Å². The van der Waals surface area contributed by atoms with E-state index in [0.29, 0.717) is 0 Å². The van der Waals surface area contributed by atoms with E-state index in [2.05, 4.69) is 5.32 Å². The van der Waals surface area contributed by atoms with Gasteiger partial charge < -0.3 is 14.6 Å². The molecule has 0 spiro atoms. The number of carbonyl (C=O) groups is 3. The molecule has 142 valence electrons. The number of hydrogen-bond donors (Lipinski definition) is 1. The number of aromatic nitrogens is 1. The van der Waals surface area contributed by atoms with Crippen LogP contribution in [-0.2, 0) is 20.9 Å². The Kier molecular flexibility index (Phi) is 4.80. The molecule has 7 heteroatoms. The molecule has 4 rings (SSSR count). The topological polar surface area (TPSA) is 80.6 Å². The molecule has 1 saturated heterocycles. The maximum atomic E-state index is 12.7. The summed E-state index contributed by atoms with van der Waals surface area (Å²) in [6.07, 6.45) is 1.18. The van der Waals surface area contributed by atoms with Crippen molar-refractivity contribution in [3.63, 3.8) is 0 Å². The summed E-state index contributed by atoms with van der Waals surface area (Å²) in [7, 11) is 0. The van der Waals surface area contributed by atoms with Crippen molar-refractivity contribution in [1.82, 2.24) is 14.8 Å². The number of amides is 3. The maximum Gasteiger partial charge on any atom is 0.417 e. The first-order valence-corrected chi connectivity index (χ1v) is 8.97. The van der Waals surface area contributed by atoms with E-state index in [-0.39, 0.29) is 25.6 Å². The second-order valence-electron chi connectivity index (χ2n) is 6.59. The third-order valence-electron chi connectivity index (χ3n) is 4.74. The molecule has 1 aliphatic heterocycles. The Bertz CT molecular complexity index is 1010. The molecule has 2 aromatic carbocycles. The predicted octanol–water partition coefficient (Wildman–Crippen LogP) is 2.48. The molecular formula is C21H19N3O4. The smallest absolute Gasteiger partial charge is 0.417 e. The SMILES string of the molecule is O=C(Cn1ccc2ccccc21)NC(CN1C(=O)COC1=O)c1ccccc1. The Morgan fingerprint density at radius 1 is 1.04 bits per heavy atom. The van der Waals surface area contributed by atoms with Crippen molar-refractivity contribution < 1.29 is 19.1 Å². The number of fused-ring (bicyclic) bond motifs is 1. The number of cyclic esters (lactones) is 1. The van der Waals surface area contributed by atoms with Crippen molar-refractivity contribution in [3.8, 4) is 0 Å². The van der Waals surface area contributed by atoms with Gasteiger partial charge in [-0.3, -0.25) is 9.59 Å². The average Bonchev–Trinajstić information content (AvgIpc) is 3.26. The third kappa shape index (κ3) is 3.59. The molecule has 0 bridgehead atoms. The average molecular weight is 377 g/mol. The highest BCUT2D eigenvalue weighted by Gasteiger charge is 2.33. The van der Waals surface area contributed by atoms with Gasteiger partial charge in [0.2, 0.25) is 5.91 Å². The molecule has 1 aliphatic rings. The predicted molar refractivity (Wildman–Crippen MR) is 102 cm³/mol. The molecule has 2 heterocycles. The van der Waals surface area contributed by atoms with E-state index in [0.717, 1.165) is 21.4 Å². The summed E-state index contributed by atoms with van der Waals surface area (Å²) in [6, 6.07) is 18.5. The number of imide groups is 1. The summed E-state index contributed by atoms with van der Waals surface area (Å²) in [5, 5.41) is 4.00. The van der Waals surface area contributed by atoms with Crippen LogP contribution in [0.5, 0.6) is 0 Å². The van der Waals surface area contributed by atoms with Crippen LogP contribution in [0.15, 0.2) is 66.9 Å². The Labute approximate surface area is 161 Å². The standard InChI is InChI=1S/C21H19N3O4/c25-19(13-23-11-10-16-8-4-5-9-18(16)23)22-17(15-6-2-1-3-7-15)12-24-20(26)14-28-21(24)27/h1-11,17H,12-14H2,(H,22,25). The van der Waals surface area contributed by atoms with E-state index in [1.54, 1.807) is 0 Å². The van der Waals surface area contributed by atoms with Gasteiger partial charge in [-0.1, -0.05) is 48.5 Å². The van der Waals surface area contributed by atoms with Crippen LogP contribution in [0, 0.1) is 0 Å². The molecule has 1 aromatic heterocycles. The van der Waals surface area contributed by atoms with E-state index in [4.69, 9.17) is 4.74 Å². The van der Waals surface area contributed by atoms with Crippen LogP contribution >= 0.6 is 0 Å². The number of carbonyl (C=O) groups excluding carboxylic acids is 3. The van der Waals surface area contributed by atoms with E-state index in [9.17, 15) is 14.4 Å². The van der Waals surface area contributed by atoms with Gasteiger partial charge in [0.25, 0.3) is 5.91 Å². The largest absolute Gasteiger partial charge is 0.439 e. The highest BCUT2D eigenvalue weighted by Crippen LogP contribution is 2.18. The van der Waals surface area contributed by atoms with Gasteiger partial charge in [-0.15, -0.1) is 0 Å². The van der Waals surface area contributed by atoms with Crippen molar-refractivity contribution in [2.24, 2.45) is 0 Å². The first-order valence-electron chi connectivity index (χ1n) is 8.97. The summed E-state index contributed by atoms with van der Waals surface area (Å²) in [5.74, 6) is -0.619. The fourth-order valence-electron chi connectivity index (χ4n) is 3.33. The Balaban J connectivity index is 1.52. The lowest BCUT2D eigenvalue weighted by molar-refractivity contribution is -0.127. The minimum absolute atomic E-state index is 0.0276. The first-order chi connectivity index (χ1) is 13.6. The Morgan fingerprint density at radius 2 is 1.79 bits per heavy atom. The lowest BCUT2D eigenvalue weighted by Crippen LogP contribution is -2.41. The van der Waals surface area contributed by atoms with Crippen LogP contribution in [0.1, 0.15) is 11.6 Å². The number of nitrogens with one attached hydrogen (secondary N) is 1. The van der Waals surface area contributed by atoms with Gasteiger partial charge >= 0.3 is 6.09 Å². The molecule has 3 aromatic rings. The second-order valence-corrected chi connectivity index (χ2v) is 6.59. The first kappa shape index (κ1) is 17.8. The van der Waals surface area contributed by atoms with E-state index >= 15 is 0 Å². The molecular weight excluding hydrogens is 358 g/mol. The molecule has 28 heavy (non-hydrogen) atoms. The fourth-order valence-corrected chi connectivity index (χ4v) is 3.33. The molecule has 1 atom stereocenters. The van der Waals surface area contributed by atoms with E-state index in [1.165, 1.54) is 0 Å². The molecule has 1 unspecified atom stereocenters. The molecule has 3 amide bonds. The van der Waals surface area contributed by atoms with Crippen LogP contribution in [0.25, 0.3) is 10.9 Å². The van der Waals surface area contributed by atoms with E-state index in [1.807, 2.05) is 71.4 Å². The van der Waals surface area contributed by atoms with Crippen LogP contribution in [0.3, 0.4) is 0 Å². The van der Waals surface area contributed by atoms with Gasteiger partial charge in [-0.05, 0) is 23.1 Å². The number of benzene rings is 2. The highest BCUT2D eigenvalue weighted by molar-refractivity contribution is 5.97. The normalized spacial score (nSPS) is 14.9. The summed E-state index contributed by atoms with van der Waals surface area (Å²) < 4.78 is 6.64. The molecule has 1 fully saturated rings. The number of para-hydroxylation sites is 1. The second kappa shape index (κ2) is 7.56. The van der Waals surface area contributed by atoms with Crippen LogP contribution in [0.4, 0.5) is 4.79 Å². The minimum atomic E-state index is -0.684. The molecule has 0 radical (unpaired) electrons. The number of ether oxygens (including phenoxy) is 1. The summed E-state index contributed by atoms with van der Waals surface area (Å²) in [6.45, 7) is -0.0985. The zero-order valence-electron chi connectivity index (χ0n) is 15.1. The number of rotatable bonds is 6. The molecule has 0 saturated carbocycles. The van der Waals surface area contributed by atoms with Crippen molar-refractivity contribution >= 4 is 28.8 Å². The maximum absolute atomic E-state index is 12.7. The van der Waals surface area contributed by atoms with Crippen molar-refractivity contribution in [2.75, 3.05) is 13.2 Å². The van der Waals surface area contributed by atoms with Gasteiger partial charge in [-0.2, -0.15) is 0 Å². The summed E-state index contributed by atoms with van der Waals surface area (Å²) in [4.78, 5) is 37.5. The quantitative estimate of drug-likeness (QED) is 0.716. The summed E-state index contributed by atoms with van der Waals surface area (Å²) in [5.41, 5.74) is 1.77. The lowest BCUT2D eigenvalue weighted by Gasteiger charge is -2.23. The molecule has 1 N–H and O–H groups in total.